The van der Waals surface area contributed by atoms with Gasteiger partial charge in [-0.15, -0.1) is 5.10 Å². The van der Waals surface area contributed by atoms with Crippen LogP contribution < -0.4 is 10.6 Å². The minimum absolute atomic E-state index is 0.0210. The topological polar surface area (TPSA) is 98.1 Å². The average Bonchev–Trinajstić information content (AvgIpc) is 2.90. The number of carbonyl (C=O) groups excluding carboxylic acids is 2. The summed E-state index contributed by atoms with van der Waals surface area (Å²) in [5.41, 5.74) is 0.208. The highest BCUT2D eigenvalue weighted by molar-refractivity contribution is 5.94. The van der Waals surface area contributed by atoms with Crippen LogP contribution in [0, 0.1) is 5.92 Å². The lowest BCUT2D eigenvalue weighted by Crippen LogP contribution is -2.45. The first-order chi connectivity index (χ1) is 10.1. The van der Waals surface area contributed by atoms with Gasteiger partial charge in [0.25, 0.3) is 5.91 Å². The number of ether oxygens (including phenoxy) is 1. The Hall–Kier alpha value is -1.96. The van der Waals surface area contributed by atoms with Crippen molar-refractivity contribution in [1.29, 1.82) is 0 Å². The molecule has 0 radical (unpaired) electrons. The first-order valence-electron chi connectivity index (χ1n) is 7.08. The standard InChI is InChI=1S/C13H21N5O3/c1-4-8(2)11(13(20)21-3)15-12(19)10-7-18(17-16-10)9-5-14-6-9/h7-9,11,14H,4-6H2,1-3H3,(H,15,19). The molecule has 0 saturated carbocycles. The Kier molecular flexibility index (Phi) is 4.89. The van der Waals surface area contributed by atoms with E-state index in [1.807, 2.05) is 13.8 Å². The number of hydrogen-bond donors (Lipinski definition) is 2. The van der Waals surface area contributed by atoms with Crippen molar-refractivity contribution in [3.63, 3.8) is 0 Å². The Morgan fingerprint density at radius 1 is 1.57 bits per heavy atom. The maximum absolute atomic E-state index is 12.2. The van der Waals surface area contributed by atoms with Gasteiger partial charge >= 0.3 is 5.97 Å². The maximum Gasteiger partial charge on any atom is 0.328 e. The number of aromatic nitrogens is 3. The first-order valence-corrected chi connectivity index (χ1v) is 7.08. The molecule has 1 aliphatic rings. The summed E-state index contributed by atoms with van der Waals surface area (Å²) in [5, 5.41) is 13.6. The molecule has 0 spiro atoms. The number of nitrogens with zero attached hydrogens (tertiary/aromatic N) is 3. The molecule has 1 aromatic rings. The van der Waals surface area contributed by atoms with Crippen LogP contribution in [-0.4, -0.2) is 53.1 Å². The van der Waals surface area contributed by atoms with Crippen molar-refractivity contribution < 1.29 is 14.3 Å². The molecule has 1 saturated heterocycles. The van der Waals surface area contributed by atoms with Gasteiger partial charge in [0, 0.05) is 13.1 Å². The van der Waals surface area contributed by atoms with Gasteiger partial charge in [0.2, 0.25) is 0 Å². The van der Waals surface area contributed by atoms with Gasteiger partial charge in [0.05, 0.1) is 19.3 Å². The Bertz CT molecular complexity index is 512. The first kappa shape index (κ1) is 15.4. The third kappa shape index (κ3) is 3.38. The lowest BCUT2D eigenvalue weighted by atomic mass is 9.99. The van der Waals surface area contributed by atoms with Gasteiger partial charge in [-0.1, -0.05) is 25.5 Å². The van der Waals surface area contributed by atoms with Gasteiger partial charge in [-0.3, -0.25) is 4.79 Å². The van der Waals surface area contributed by atoms with Crippen molar-refractivity contribution in [2.75, 3.05) is 20.2 Å². The highest BCUT2D eigenvalue weighted by Crippen LogP contribution is 2.12. The molecule has 0 aliphatic carbocycles. The monoisotopic (exact) mass is 295 g/mol. The number of esters is 1. The molecular formula is C13H21N5O3. The second-order valence-electron chi connectivity index (χ2n) is 5.26. The van der Waals surface area contributed by atoms with Crippen LogP contribution in [0.5, 0.6) is 0 Å². The number of amides is 1. The van der Waals surface area contributed by atoms with Crippen molar-refractivity contribution >= 4 is 11.9 Å². The van der Waals surface area contributed by atoms with Crippen LogP contribution in [0.2, 0.25) is 0 Å². The van der Waals surface area contributed by atoms with Crippen LogP contribution in [0.15, 0.2) is 6.20 Å². The third-order valence-electron chi connectivity index (χ3n) is 3.83. The van der Waals surface area contributed by atoms with E-state index in [1.54, 1.807) is 10.9 Å². The van der Waals surface area contributed by atoms with E-state index in [2.05, 4.69) is 20.9 Å². The van der Waals surface area contributed by atoms with Crippen LogP contribution in [0.1, 0.15) is 36.8 Å². The van der Waals surface area contributed by atoms with Crippen LogP contribution in [0.25, 0.3) is 0 Å². The van der Waals surface area contributed by atoms with Gasteiger partial charge in [-0.25, -0.2) is 9.48 Å². The molecule has 1 amide bonds. The van der Waals surface area contributed by atoms with Crippen LogP contribution in [-0.2, 0) is 9.53 Å². The van der Waals surface area contributed by atoms with Gasteiger partial charge in [-0.2, -0.15) is 0 Å². The van der Waals surface area contributed by atoms with E-state index < -0.39 is 17.9 Å². The van der Waals surface area contributed by atoms with Crippen LogP contribution in [0.4, 0.5) is 0 Å². The Balaban J connectivity index is 2.03. The summed E-state index contributed by atoms with van der Waals surface area (Å²) < 4.78 is 6.41. The SMILES string of the molecule is CCC(C)C(NC(=O)c1cn(C2CNC2)nn1)C(=O)OC. The van der Waals surface area contributed by atoms with Crippen LogP contribution >= 0.6 is 0 Å². The molecule has 21 heavy (non-hydrogen) atoms. The summed E-state index contributed by atoms with van der Waals surface area (Å²) in [6.07, 6.45) is 2.35. The molecule has 2 atom stereocenters. The maximum atomic E-state index is 12.2. The molecule has 8 nitrogen and oxygen atoms in total. The predicted octanol–water partition coefficient (Wildman–Crippen LogP) is -0.260. The highest BCUT2D eigenvalue weighted by atomic mass is 16.5. The minimum Gasteiger partial charge on any atom is -0.467 e. The fourth-order valence-corrected chi connectivity index (χ4v) is 2.03. The largest absolute Gasteiger partial charge is 0.467 e. The van der Waals surface area contributed by atoms with E-state index in [0.717, 1.165) is 19.5 Å². The second kappa shape index (κ2) is 6.66. The van der Waals surface area contributed by atoms with Crippen molar-refractivity contribution in [3.05, 3.63) is 11.9 Å². The molecular weight excluding hydrogens is 274 g/mol. The molecule has 1 aromatic heterocycles. The van der Waals surface area contributed by atoms with E-state index in [1.165, 1.54) is 7.11 Å². The van der Waals surface area contributed by atoms with Crippen molar-refractivity contribution in [2.45, 2.75) is 32.4 Å². The second-order valence-corrected chi connectivity index (χ2v) is 5.26. The molecule has 2 unspecified atom stereocenters. The lowest BCUT2D eigenvalue weighted by Gasteiger charge is -2.26. The average molecular weight is 295 g/mol. The molecule has 2 N–H and O–H groups in total. The Labute approximate surface area is 123 Å². The predicted molar refractivity (Wildman–Crippen MR) is 74.7 cm³/mol. The quantitative estimate of drug-likeness (QED) is 0.702. The zero-order chi connectivity index (χ0) is 15.4. The number of rotatable bonds is 6. The van der Waals surface area contributed by atoms with Crippen molar-refractivity contribution in [3.8, 4) is 0 Å². The van der Waals surface area contributed by atoms with Crippen LogP contribution in [0.3, 0.4) is 0 Å². The number of methoxy groups -OCH3 is 1. The summed E-state index contributed by atoms with van der Waals surface area (Å²) >= 11 is 0. The smallest absolute Gasteiger partial charge is 0.328 e. The third-order valence-corrected chi connectivity index (χ3v) is 3.83. The summed E-state index contributed by atoms with van der Waals surface area (Å²) in [6, 6.07) is -0.437. The minimum atomic E-state index is -0.678. The zero-order valence-corrected chi connectivity index (χ0v) is 12.5. The van der Waals surface area contributed by atoms with E-state index in [9.17, 15) is 9.59 Å². The van der Waals surface area contributed by atoms with E-state index in [4.69, 9.17) is 4.74 Å². The number of hydrogen-bond acceptors (Lipinski definition) is 6. The van der Waals surface area contributed by atoms with E-state index in [-0.39, 0.29) is 17.7 Å². The number of carbonyl (C=O) groups is 2. The van der Waals surface area contributed by atoms with Crippen molar-refractivity contribution in [2.24, 2.45) is 5.92 Å². The molecule has 1 fully saturated rings. The Morgan fingerprint density at radius 2 is 2.29 bits per heavy atom. The fraction of sp³-hybridized carbons (Fsp3) is 0.692. The molecule has 8 heteroatoms. The summed E-state index contributed by atoms with van der Waals surface area (Å²) in [7, 11) is 1.31. The fourth-order valence-electron chi connectivity index (χ4n) is 2.03. The molecule has 0 aromatic carbocycles. The van der Waals surface area contributed by atoms with Gasteiger partial charge < -0.3 is 15.4 Å². The van der Waals surface area contributed by atoms with Crippen molar-refractivity contribution in [1.82, 2.24) is 25.6 Å². The summed E-state index contributed by atoms with van der Waals surface area (Å²) in [5.74, 6) is -0.884. The molecule has 0 bridgehead atoms. The summed E-state index contributed by atoms with van der Waals surface area (Å²) in [6.45, 7) is 5.48. The molecule has 2 heterocycles. The van der Waals surface area contributed by atoms with Gasteiger partial charge in [0.15, 0.2) is 5.69 Å². The molecule has 1 aliphatic heterocycles. The molecule has 2 rings (SSSR count). The highest BCUT2D eigenvalue weighted by Gasteiger charge is 2.28. The van der Waals surface area contributed by atoms with Gasteiger partial charge in [0.1, 0.15) is 6.04 Å². The van der Waals surface area contributed by atoms with E-state index in [0.29, 0.717) is 0 Å². The number of nitrogens with one attached hydrogen (secondary N) is 2. The zero-order valence-electron chi connectivity index (χ0n) is 12.5. The Morgan fingerprint density at radius 3 is 2.81 bits per heavy atom. The lowest BCUT2D eigenvalue weighted by molar-refractivity contribution is -0.144. The molecule has 116 valence electrons. The van der Waals surface area contributed by atoms with Gasteiger partial charge in [-0.05, 0) is 5.92 Å². The van der Waals surface area contributed by atoms with E-state index >= 15 is 0 Å². The summed E-state index contributed by atoms with van der Waals surface area (Å²) in [4.78, 5) is 23.9. The normalized spacial score (nSPS) is 17.7.